The fraction of sp³-hybridized carbons (Fsp3) is 0.360. The molecule has 0 heterocycles. The van der Waals surface area contributed by atoms with Gasteiger partial charge in [0.15, 0.2) is 0 Å². The van der Waals surface area contributed by atoms with E-state index in [0.717, 1.165) is 17.6 Å². The summed E-state index contributed by atoms with van der Waals surface area (Å²) in [7, 11) is 2.38. The van der Waals surface area contributed by atoms with Gasteiger partial charge in [0, 0.05) is 10.9 Å². The van der Waals surface area contributed by atoms with Crippen molar-refractivity contribution in [2.24, 2.45) is 0 Å². The van der Waals surface area contributed by atoms with Crippen LogP contribution in [0.15, 0.2) is 66.7 Å². The van der Waals surface area contributed by atoms with Gasteiger partial charge in [-0.1, -0.05) is 82.3 Å². The van der Waals surface area contributed by atoms with Crippen LogP contribution in [0, 0.1) is 0 Å². The lowest BCUT2D eigenvalue weighted by Crippen LogP contribution is -2.45. The Kier molecular flexibility index (Phi) is 5.20. The third kappa shape index (κ3) is 3.83. The summed E-state index contributed by atoms with van der Waals surface area (Å²) < 4.78 is 0.937. The smallest absolute Gasteiger partial charge is 0.140 e. The van der Waals surface area contributed by atoms with Crippen molar-refractivity contribution in [2.45, 2.75) is 46.1 Å². The van der Waals surface area contributed by atoms with E-state index < -0.39 is 0 Å². The maximum absolute atomic E-state index is 2.38. The van der Waals surface area contributed by atoms with Gasteiger partial charge in [0.1, 0.15) is 12.2 Å². The first-order valence-corrected chi connectivity index (χ1v) is 9.76. The second kappa shape index (κ2) is 7.25. The van der Waals surface area contributed by atoms with Crippen LogP contribution in [0.1, 0.15) is 45.2 Å². The predicted molar refractivity (Wildman–Crippen MR) is 116 cm³/mol. The lowest BCUT2D eigenvalue weighted by molar-refractivity contribution is 0.324. The van der Waals surface area contributed by atoms with Crippen molar-refractivity contribution in [2.75, 3.05) is 13.6 Å². The molecule has 0 radical (unpaired) electrons. The van der Waals surface area contributed by atoms with E-state index in [1.807, 2.05) is 0 Å². The Labute approximate surface area is 158 Å². The van der Waals surface area contributed by atoms with Crippen molar-refractivity contribution in [3.05, 3.63) is 77.9 Å². The molecule has 0 spiro atoms. The Morgan fingerprint density at radius 1 is 0.808 bits per heavy atom. The average molecular weight is 347 g/mol. The fourth-order valence-corrected chi connectivity index (χ4v) is 3.97. The molecule has 1 nitrogen and oxygen atoms in total. The molecule has 0 aromatic heterocycles. The lowest BCUT2D eigenvalue weighted by atomic mass is 9.86. The van der Waals surface area contributed by atoms with Crippen LogP contribution >= 0.6 is 0 Å². The molecule has 0 bridgehead atoms. The fourth-order valence-electron chi connectivity index (χ4n) is 3.97. The second-order valence-corrected chi connectivity index (χ2v) is 8.72. The molecule has 3 aromatic carbocycles. The number of hydrogen-bond acceptors (Lipinski definition) is 0. The monoisotopic (exact) mass is 346 g/mol. The van der Waals surface area contributed by atoms with E-state index in [2.05, 4.69) is 101 Å². The molecule has 136 valence electrons. The largest absolute Gasteiger partial charge is 0.289 e. The topological polar surface area (TPSA) is 0 Å². The Hall–Kier alpha value is -2.12. The van der Waals surface area contributed by atoms with E-state index in [1.54, 1.807) is 0 Å². The second-order valence-electron chi connectivity index (χ2n) is 8.72. The van der Waals surface area contributed by atoms with Crippen molar-refractivity contribution in [3.8, 4) is 0 Å². The van der Waals surface area contributed by atoms with Gasteiger partial charge < -0.3 is 0 Å². The van der Waals surface area contributed by atoms with Gasteiger partial charge in [0.05, 0.1) is 13.6 Å². The van der Waals surface area contributed by atoms with E-state index in [9.17, 15) is 0 Å². The zero-order valence-electron chi connectivity index (χ0n) is 16.9. The molecule has 0 N–H and O–H groups in total. The van der Waals surface area contributed by atoms with Crippen LogP contribution in [0.5, 0.6) is 0 Å². The van der Waals surface area contributed by atoms with Gasteiger partial charge in [-0.15, -0.1) is 0 Å². The minimum atomic E-state index is 0.204. The highest BCUT2D eigenvalue weighted by Crippen LogP contribution is 2.33. The van der Waals surface area contributed by atoms with Crippen LogP contribution in [0.3, 0.4) is 0 Å². The summed E-state index contributed by atoms with van der Waals surface area (Å²) in [6.07, 6.45) is 1.17. The van der Waals surface area contributed by atoms with Crippen LogP contribution in [0.2, 0.25) is 0 Å². The summed E-state index contributed by atoms with van der Waals surface area (Å²) in [6.45, 7) is 11.3. The van der Waals surface area contributed by atoms with Gasteiger partial charge in [0.2, 0.25) is 0 Å². The van der Waals surface area contributed by atoms with Crippen molar-refractivity contribution in [3.63, 3.8) is 0 Å². The van der Waals surface area contributed by atoms with Gasteiger partial charge in [-0.3, -0.25) is 4.48 Å². The maximum atomic E-state index is 2.38. The van der Waals surface area contributed by atoms with E-state index in [1.165, 1.54) is 34.0 Å². The molecule has 0 aliphatic heterocycles. The van der Waals surface area contributed by atoms with Crippen LogP contribution in [-0.2, 0) is 12.0 Å². The number of rotatable bonds is 5. The van der Waals surface area contributed by atoms with Gasteiger partial charge in [-0.25, -0.2) is 0 Å². The summed E-state index contributed by atoms with van der Waals surface area (Å²) in [6, 6.07) is 24.7. The van der Waals surface area contributed by atoms with Crippen molar-refractivity contribution < 1.29 is 0 Å². The van der Waals surface area contributed by atoms with Gasteiger partial charge >= 0.3 is 0 Å². The predicted octanol–water partition coefficient (Wildman–Crippen LogP) is 6.68. The highest BCUT2D eigenvalue weighted by atomic mass is 15.3. The molecule has 1 heteroatoms. The Bertz CT molecular complexity index is 865. The van der Waals surface area contributed by atoms with Crippen LogP contribution in [0.4, 0.5) is 5.69 Å². The van der Waals surface area contributed by atoms with E-state index in [4.69, 9.17) is 0 Å². The molecule has 1 atom stereocenters. The summed E-state index contributed by atoms with van der Waals surface area (Å²) >= 11 is 0. The van der Waals surface area contributed by atoms with E-state index in [-0.39, 0.29) is 5.41 Å². The zero-order chi connectivity index (χ0) is 18.8. The molecule has 0 aliphatic carbocycles. The minimum Gasteiger partial charge on any atom is -0.289 e. The Balaban J connectivity index is 2.00. The quantitative estimate of drug-likeness (QED) is 0.452. The molecule has 3 aromatic rings. The molecule has 0 saturated heterocycles. The summed E-state index contributed by atoms with van der Waals surface area (Å²) in [5.41, 5.74) is 4.43. The van der Waals surface area contributed by atoms with Crippen molar-refractivity contribution in [1.82, 2.24) is 4.48 Å². The maximum Gasteiger partial charge on any atom is 0.140 e. The molecule has 1 unspecified atom stereocenters. The highest BCUT2D eigenvalue weighted by Gasteiger charge is 2.27. The number of benzene rings is 3. The number of fused-ring (bicyclic) bond motifs is 1. The molecule has 3 rings (SSSR count). The highest BCUT2D eigenvalue weighted by molar-refractivity contribution is 5.93. The average Bonchev–Trinajstić information content (AvgIpc) is 2.61. The Morgan fingerprint density at radius 3 is 2.12 bits per heavy atom. The normalized spacial score (nSPS) is 14.3. The van der Waals surface area contributed by atoms with Crippen LogP contribution < -0.4 is 4.48 Å². The molecule has 0 aliphatic rings. The van der Waals surface area contributed by atoms with Gasteiger partial charge in [-0.2, -0.15) is 0 Å². The summed E-state index contributed by atoms with van der Waals surface area (Å²) in [5, 5.41) is 2.70. The first kappa shape index (κ1) is 18.7. The standard InChI is InChI=1S/C25H32N/c1-6-18-26(5,19-20-14-16-22(17-15-20)25(2,3)4)24-13-9-11-21-10-7-8-12-23(21)24/h7-17H,6,18-19H2,1-5H3/q+1. The first-order valence-electron chi connectivity index (χ1n) is 9.76. The summed E-state index contributed by atoms with van der Waals surface area (Å²) in [4.78, 5) is 0. The third-order valence-electron chi connectivity index (χ3n) is 5.42. The van der Waals surface area contributed by atoms with Gasteiger partial charge in [0.25, 0.3) is 0 Å². The summed E-state index contributed by atoms with van der Waals surface area (Å²) in [5.74, 6) is 0. The minimum absolute atomic E-state index is 0.204. The number of nitrogens with zero attached hydrogens (tertiary/aromatic N) is 1. The first-order chi connectivity index (χ1) is 12.3. The Morgan fingerprint density at radius 2 is 1.46 bits per heavy atom. The van der Waals surface area contributed by atoms with Crippen LogP contribution in [-0.4, -0.2) is 13.6 Å². The van der Waals surface area contributed by atoms with Crippen molar-refractivity contribution >= 4 is 16.5 Å². The number of hydrogen-bond donors (Lipinski definition) is 0. The zero-order valence-corrected chi connectivity index (χ0v) is 16.9. The molecule has 0 fully saturated rings. The van der Waals surface area contributed by atoms with E-state index in [0.29, 0.717) is 0 Å². The SMILES string of the molecule is CCC[N+](C)(Cc1ccc(C(C)(C)C)cc1)c1cccc2ccccc12. The van der Waals surface area contributed by atoms with Crippen LogP contribution in [0.25, 0.3) is 10.8 Å². The van der Waals surface area contributed by atoms with E-state index >= 15 is 0 Å². The molecular weight excluding hydrogens is 314 g/mol. The third-order valence-corrected chi connectivity index (χ3v) is 5.42. The lowest BCUT2D eigenvalue weighted by Gasteiger charge is -2.35. The molecule has 26 heavy (non-hydrogen) atoms. The van der Waals surface area contributed by atoms with Crippen molar-refractivity contribution in [1.29, 1.82) is 0 Å². The number of quaternary nitrogens is 1. The molecule has 0 amide bonds. The molecular formula is C25H32N+. The van der Waals surface area contributed by atoms with Gasteiger partial charge in [-0.05, 0) is 34.9 Å². The molecule has 0 saturated carbocycles.